The van der Waals surface area contributed by atoms with Gasteiger partial charge in [-0.05, 0) is 17.9 Å². The highest BCUT2D eigenvalue weighted by Crippen LogP contribution is 2.50. The molecule has 1 unspecified atom stereocenters. The van der Waals surface area contributed by atoms with Gasteiger partial charge in [-0.15, -0.1) is 5.10 Å². The number of benzene rings is 2. The van der Waals surface area contributed by atoms with Crippen LogP contribution < -0.4 is 4.74 Å². The molecule has 2 aliphatic rings. The maximum Gasteiger partial charge on any atom is 0.228 e. The Morgan fingerprint density at radius 3 is 2.55 bits per heavy atom. The van der Waals surface area contributed by atoms with E-state index in [1.54, 1.807) is 10.8 Å². The van der Waals surface area contributed by atoms with E-state index in [0.29, 0.717) is 30.2 Å². The lowest BCUT2D eigenvalue weighted by atomic mass is 9.70. The highest BCUT2D eigenvalue weighted by atomic mass is 16.5. The van der Waals surface area contributed by atoms with Crippen molar-refractivity contribution < 1.29 is 9.53 Å². The van der Waals surface area contributed by atoms with Crippen LogP contribution in [0.4, 0.5) is 0 Å². The van der Waals surface area contributed by atoms with Crippen molar-refractivity contribution in [1.82, 2.24) is 19.6 Å². The number of Topliss-reactive ketones (excluding diaryl/α,β-unsaturated/α-hetero) is 1. The van der Waals surface area contributed by atoms with E-state index in [1.165, 1.54) is 5.56 Å². The van der Waals surface area contributed by atoms with E-state index >= 15 is 0 Å². The zero-order chi connectivity index (χ0) is 22.7. The molecule has 33 heavy (non-hydrogen) atoms. The smallest absolute Gasteiger partial charge is 0.228 e. The van der Waals surface area contributed by atoms with Gasteiger partial charge in [0.1, 0.15) is 12.1 Å². The summed E-state index contributed by atoms with van der Waals surface area (Å²) in [6, 6.07) is 18.2. The van der Waals surface area contributed by atoms with Gasteiger partial charge in [0.2, 0.25) is 5.88 Å². The average Bonchev–Trinajstić information content (AvgIpc) is 3.22. The number of fused-ring (bicyclic) bond motifs is 3. The van der Waals surface area contributed by atoms with Gasteiger partial charge in [-0.2, -0.15) is 0 Å². The summed E-state index contributed by atoms with van der Waals surface area (Å²) in [5, 5.41) is 4.68. The van der Waals surface area contributed by atoms with Crippen molar-refractivity contribution in [3.8, 4) is 17.3 Å². The molecule has 0 saturated heterocycles. The van der Waals surface area contributed by atoms with Gasteiger partial charge in [-0.25, -0.2) is 14.5 Å². The summed E-state index contributed by atoms with van der Waals surface area (Å²) in [4.78, 5) is 22.9. The molecule has 0 spiro atoms. The Hall–Kier alpha value is -3.80. The van der Waals surface area contributed by atoms with Gasteiger partial charge in [0, 0.05) is 29.9 Å². The summed E-state index contributed by atoms with van der Waals surface area (Å²) in [7, 11) is 0. The van der Waals surface area contributed by atoms with Crippen LogP contribution in [0.15, 0.2) is 72.3 Å². The molecule has 1 atom stereocenters. The second-order valence-corrected chi connectivity index (χ2v) is 9.76. The second-order valence-electron chi connectivity index (χ2n) is 9.76. The number of ketones is 1. The van der Waals surface area contributed by atoms with E-state index in [-0.39, 0.29) is 17.1 Å². The van der Waals surface area contributed by atoms with Crippen LogP contribution in [0.2, 0.25) is 0 Å². The van der Waals surface area contributed by atoms with Gasteiger partial charge in [0.05, 0.1) is 5.56 Å². The number of rotatable bonds is 2. The Morgan fingerprint density at radius 1 is 1.03 bits per heavy atom. The number of hydrogen-bond acceptors (Lipinski definition) is 5. The quantitative estimate of drug-likeness (QED) is 0.428. The molecule has 0 fully saturated rings. The fraction of sp³-hybridized carbons (Fsp3) is 0.259. The number of nitrogens with zero attached hydrogens (tertiary/aromatic N) is 4. The Balaban J connectivity index is 1.59. The van der Waals surface area contributed by atoms with Gasteiger partial charge in [0.15, 0.2) is 17.3 Å². The molecule has 0 N–H and O–H groups in total. The SMILES string of the molecule is Cc1ccc(-c2nc3c4c(ncn3n2)OC2=C(C(=O)CC(C)(C)C2)C4c2ccccc2)cc1. The van der Waals surface area contributed by atoms with Gasteiger partial charge >= 0.3 is 0 Å². The summed E-state index contributed by atoms with van der Waals surface area (Å²) in [6.45, 7) is 6.26. The van der Waals surface area contributed by atoms with Crippen LogP contribution in [0.5, 0.6) is 5.88 Å². The Labute approximate surface area is 192 Å². The van der Waals surface area contributed by atoms with E-state index in [4.69, 9.17) is 9.72 Å². The molecule has 6 heteroatoms. The number of carbonyl (C=O) groups is 1. The van der Waals surface area contributed by atoms with E-state index in [1.807, 2.05) is 42.5 Å². The largest absolute Gasteiger partial charge is 0.442 e. The van der Waals surface area contributed by atoms with Crippen LogP contribution in [0.25, 0.3) is 17.0 Å². The molecular formula is C27H24N4O2. The van der Waals surface area contributed by atoms with E-state index in [9.17, 15) is 4.79 Å². The predicted molar refractivity (Wildman–Crippen MR) is 125 cm³/mol. The van der Waals surface area contributed by atoms with Gasteiger partial charge in [-0.1, -0.05) is 74.0 Å². The third-order valence-corrected chi connectivity index (χ3v) is 6.51. The maximum absolute atomic E-state index is 13.4. The second kappa shape index (κ2) is 7.10. The molecule has 0 radical (unpaired) electrons. The number of aryl methyl sites for hydroxylation is 1. The molecule has 1 aliphatic carbocycles. The topological polar surface area (TPSA) is 69.4 Å². The fourth-order valence-electron chi connectivity index (χ4n) is 4.95. The van der Waals surface area contributed by atoms with Crippen molar-refractivity contribution in [3.05, 3.63) is 88.9 Å². The van der Waals surface area contributed by atoms with Crippen LogP contribution in [-0.2, 0) is 4.79 Å². The molecule has 1 aliphatic heterocycles. The van der Waals surface area contributed by atoms with E-state index in [2.05, 4.69) is 43.0 Å². The number of ether oxygens (including phenoxy) is 1. The van der Waals surface area contributed by atoms with Crippen molar-refractivity contribution in [2.75, 3.05) is 0 Å². The summed E-state index contributed by atoms with van der Waals surface area (Å²) in [5.41, 5.74) is 5.17. The average molecular weight is 437 g/mol. The summed E-state index contributed by atoms with van der Waals surface area (Å²) >= 11 is 0. The number of aromatic nitrogens is 4. The van der Waals surface area contributed by atoms with E-state index < -0.39 is 0 Å². The van der Waals surface area contributed by atoms with Crippen LogP contribution in [0.3, 0.4) is 0 Å². The Kier molecular flexibility index (Phi) is 4.27. The summed E-state index contributed by atoms with van der Waals surface area (Å²) in [5.74, 6) is 1.69. The molecule has 2 aromatic heterocycles. The minimum atomic E-state index is -0.292. The Bertz CT molecular complexity index is 1430. The highest BCUT2D eigenvalue weighted by molar-refractivity contribution is 6.00. The van der Waals surface area contributed by atoms with Crippen molar-refractivity contribution in [2.45, 2.75) is 39.5 Å². The predicted octanol–water partition coefficient (Wildman–Crippen LogP) is 5.27. The lowest BCUT2D eigenvalue weighted by molar-refractivity contribution is -0.118. The lowest BCUT2D eigenvalue weighted by Crippen LogP contribution is -2.33. The first kappa shape index (κ1) is 19.9. The normalized spacial score (nSPS) is 19.2. The van der Waals surface area contributed by atoms with E-state index in [0.717, 1.165) is 28.0 Å². The van der Waals surface area contributed by atoms with Gasteiger partial charge in [0.25, 0.3) is 0 Å². The van der Waals surface area contributed by atoms with Crippen LogP contribution in [0, 0.1) is 12.3 Å². The molecule has 0 saturated carbocycles. The first-order valence-electron chi connectivity index (χ1n) is 11.2. The molecule has 6 rings (SSSR count). The molecule has 4 aromatic rings. The van der Waals surface area contributed by atoms with Crippen LogP contribution in [0.1, 0.15) is 49.3 Å². The Morgan fingerprint density at radius 2 is 1.79 bits per heavy atom. The monoisotopic (exact) mass is 436 g/mol. The molecule has 2 aromatic carbocycles. The zero-order valence-corrected chi connectivity index (χ0v) is 18.9. The summed E-state index contributed by atoms with van der Waals surface area (Å²) < 4.78 is 7.99. The number of carbonyl (C=O) groups excluding carboxylic acids is 1. The summed E-state index contributed by atoms with van der Waals surface area (Å²) in [6.07, 6.45) is 2.83. The van der Waals surface area contributed by atoms with Gasteiger partial charge < -0.3 is 4.74 Å². The van der Waals surface area contributed by atoms with Gasteiger partial charge in [-0.3, -0.25) is 4.79 Å². The minimum absolute atomic E-state index is 0.126. The van der Waals surface area contributed by atoms with Crippen molar-refractivity contribution in [3.63, 3.8) is 0 Å². The minimum Gasteiger partial charge on any atom is -0.442 e. The standard InChI is InChI=1S/C27H24N4O2/c1-16-9-11-18(12-10-16)24-29-25-23-21(17-7-5-4-6-8-17)22-19(32)13-27(2,3)14-20(22)33-26(23)28-15-31(25)30-24/h4-12,15,21H,13-14H2,1-3H3. The third-order valence-electron chi connectivity index (χ3n) is 6.51. The van der Waals surface area contributed by atoms with Crippen molar-refractivity contribution in [1.29, 1.82) is 0 Å². The zero-order valence-electron chi connectivity index (χ0n) is 18.9. The third kappa shape index (κ3) is 3.25. The molecule has 0 bridgehead atoms. The first-order chi connectivity index (χ1) is 15.9. The van der Waals surface area contributed by atoms with Crippen LogP contribution in [-0.4, -0.2) is 25.4 Å². The van der Waals surface area contributed by atoms with Crippen molar-refractivity contribution in [2.24, 2.45) is 5.41 Å². The molecule has 3 heterocycles. The first-order valence-corrected chi connectivity index (χ1v) is 11.2. The number of hydrogen-bond donors (Lipinski definition) is 0. The molecular weight excluding hydrogens is 412 g/mol. The number of allylic oxidation sites excluding steroid dienone is 2. The van der Waals surface area contributed by atoms with Crippen LogP contribution >= 0.6 is 0 Å². The molecule has 0 amide bonds. The maximum atomic E-state index is 13.4. The molecule has 6 nitrogen and oxygen atoms in total. The lowest BCUT2D eigenvalue weighted by Gasteiger charge is -2.37. The highest BCUT2D eigenvalue weighted by Gasteiger charge is 2.43. The molecule has 164 valence electrons. The fourth-order valence-corrected chi connectivity index (χ4v) is 4.95. The van der Waals surface area contributed by atoms with Crippen molar-refractivity contribution >= 4 is 11.4 Å².